The van der Waals surface area contributed by atoms with Gasteiger partial charge in [-0.1, -0.05) is 23.4 Å². The van der Waals surface area contributed by atoms with Gasteiger partial charge in [0.1, 0.15) is 17.1 Å². The third-order valence-corrected chi connectivity index (χ3v) is 5.54. The molecular weight excluding hydrogens is 369 g/mol. The molecule has 4 nitrogen and oxygen atoms in total. The van der Waals surface area contributed by atoms with Crippen LogP contribution in [0, 0.1) is 5.82 Å². The molecule has 1 aliphatic heterocycles. The lowest BCUT2D eigenvalue weighted by atomic mass is 10.3. The summed E-state index contributed by atoms with van der Waals surface area (Å²) in [6, 6.07) is 3.00. The second-order valence-electron chi connectivity index (χ2n) is 5.44. The van der Waals surface area contributed by atoms with E-state index in [4.69, 9.17) is 16.3 Å². The van der Waals surface area contributed by atoms with Crippen molar-refractivity contribution in [2.45, 2.75) is 42.2 Å². The zero-order chi connectivity index (χ0) is 17.4. The summed E-state index contributed by atoms with van der Waals surface area (Å²) in [6.07, 6.45) is 6.40. The minimum atomic E-state index is -0.319. The maximum absolute atomic E-state index is 14.1. The molecule has 1 fully saturated rings. The molecule has 1 saturated carbocycles. The first-order valence-electron chi connectivity index (χ1n) is 7.87. The average Bonchev–Trinajstić information content (AvgIpc) is 3.23. The van der Waals surface area contributed by atoms with E-state index in [0.717, 1.165) is 12.8 Å². The normalized spacial score (nSPS) is 19.8. The van der Waals surface area contributed by atoms with E-state index in [-0.39, 0.29) is 17.4 Å². The quantitative estimate of drug-likeness (QED) is 0.649. The molecule has 2 aliphatic rings. The first-order valence-corrected chi connectivity index (χ1v) is 10.0. The topological polar surface area (TPSA) is 45.3 Å². The Hall–Kier alpha value is -0.600. The highest BCUT2D eigenvalue weighted by atomic mass is 35.5. The van der Waals surface area contributed by atoms with Gasteiger partial charge >= 0.3 is 0 Å². The van der Waals surface area contributed by atoms with Crippen LogP contribution >= 0.6 is 35.3 Å². The Balaban J connectivity index is 0.000000647. The molecule has 0 spiro atoms. The van der Waals surface area contributed by atoms with Crippen molar-refractivity contribution in [1.82, 2.24) is 15.4 Å². The van der Waals surface area contributed by atoms with E-state index in [1.165, 1.54) is 30.9 Å². The van der Waals surface area contributed by atoms with E-state index in [1.54, 1.807) is 17.8 Å². The summed E-state index contributed by atoms with van der Waals surface area (Å²) in [5.41, 5.74) is 0.0441. The van der Waals surface area contributed by atoms with Crippen molar-refractivity contribution in [2.24, 2.45) is 0 Å². The lowest BCUT2D eigenvalue weighted by Gasteiger charge is -2.16. The summed E-state index contributed by atoms with van der Waals surface area (Å²) < 4.78 is 23.1. The molecule has 3 rings (SSSR count). The molecule has 3 N–H and O–H groups in total. The third kappa shape index (κ3) is 6.04. The molecule has 1 aromatic rings. The van der Waals surface area contributed by atoms with Crippen molar-refractivity contribution in [2.75, 3.05) is 14.1 Å². The van der Waals surface area contributed by atoms with E-state index in [1.807, 2.05) is 25.7 Å². The van der Waals surface area contributed by atoms with Crippen LogP contribution in [0.4, 0.5) is 4.39 Å². The Kier molecular flexibility index (Phi) is 8.55. The van der Waals surface area contributed by atoms with Gasteiger partial charge in [-0.05, 0) is 63.2 Å². The summed E-state index contributed by atoms with van der Waals surface area (Å²) >= 11 is 9.02. The summed E-state index contributed by atoms with van der Waals surface area (Å²) in [4.78, 5) is 0.466. The number of benzene rings is 1. The minimum Gasteiger partial charge on any atom is -0.489 e. The Morgan fingerprint density at radius 2 is 2.04 bits per heavy atom. The van der Waals surface area contributed by atoms with Crippen LogP contribution in [0.3, 0.4) is 0 Å². The van der Waals surface area contributed by atoms with Crippen LogP contribution in [0.25, 0.3) is 0 Å². The largest absolute Gasteiger partial charge is 0.489 e. The molecule has 1 heterocycles. The van der Waals surface area contributed by atoms with E-state index in [2.05, 4.69) is 15.4 Å². The molecule has 1 aliphatic carbocycles. The van der Waals surface area contributed by atoms with Gasteiger partial charge in [-0.2, -0.15) is 0 Å². The number of thioether (sulfide) groups is 1. The van der Waals surface area contributed by atoms with Crippen molar-refractivity contribution in [3.63, 3.8) is 0 Å². The van der Waals surface area contributed by atoms with E-state index >= 15 is 0 Å². The lowest BCUT2D eigenvalue weighted by molar-refractivity contribution is 0.209. The minimum absolute atomic E-state index is 0.0441. The molecule has 0 saturated heterocycles. The van der Waals surface area contributed by atoms with E-state index < -0.39 is 0 Å². The van der Waals surface area contributed by atoms with Crippen LogP contribution in [-0.2, 0) is 0 Å². The molecule has 0 radical (unpaired) electrons. The highest BCUT2D eigenvalue weighted by molar-refractivity contribution is 8.04. The van der Waals surface area contributed by atoms with Gasteiger partial charge < -0.3 is 15.4 Å². The predicted octanol–water partition coefficient (Wildman–Crippen LogP) is 4.32. The molecular formula is C16H23ClFN3OS2. The second-order valence-corrected chi connectivity index (χ2v) is 7.75. The molecule has 1 atom stereocenters. The van der Waals surface area contributed by atoms with Crippen molar-refractivity contribution in [1.29, 1.82) is 0 Å². The Bertz CT molecular complexity index is 548. The molecule has 0 aromatic heterocycles. The van der Waals surface area contributed by atoms with Crippen molar-refractivity contribution >= 4 is 35.3 Å². The van der Waals surface area contributed by atoms with Gasteiger partial charge in [0.05, 0.1) is 16.0 Å². The molecule has 134 valence electrons. The molecule has 24 heavy (non-hydrogen) atoms. The van der Waals surface area contributed by atoms with Crippen molar-refractivity contribution in [3.8, 4) is 5.75 Å². The number of hydrogen-bond acceptors (Lipinski definition) is 6. The van der Waals surface area contributed by atoms with E-state index in [9.17, 15) is 4.39 Å². The maximum Gasteiger partial charge on any atom is 0.141 e. The van der Waals surface area contributed by atoms with Gasteiger partial charge in [0, 0.05) is 12.3 Å². The van der Waals surface area contributed by atoms with E-state index in [0.29, 0.717) is 15.7 Å². The smallest absolute Gasteiger partial charge is 0.141 e. The van der Waals surface area contributed by atoms with Crippen LogP contribution < -0.4 is 20.1 Å². The summed E-state index contributed by atoms with van der Waals surface area (Å²) in [7, 11) is 3.75. The standard InChI is InChI=1S/C14H16ClFN2OS2.C2H7N/c15-10-7-13(21-18-14-17-5-6-20-14)11(16)8-12(10)19-9-3-1-2-4-9;1-3-2/h5-9,14,17-18H,1-4H2;3H,1-2H3. The fourth-order valence-electron chi connectivity index (χ4n) is 2.33. The number of hydrogen-bond donors (Lipinski definition) is 3. The van der Waals surface area contributed by atoms with Crippen LogP contribution in [0.5, 0.6) is 5.75 Å². The highest BCUT2D eigenvalue weighted by Gasteiger charge is 2.19. The van der Waals surface area contributed by atoms with Gasteiger partial charge in [0.2, 0.25) is 0 Å². The number of rotatable bonds is 5. The first-order chi connectivity index (χ1) is 11.6. The SMILES string of the molecule is CNC.Fc1cc(OC2CCCC2)c(Cl)cc1SNC1NC=CS1. The van der Waals surface area contributed by atoms with Crippen molar-refractivity contribution < 1.29 is 9.13 Å². The molecule has 8 heteroatoms. The molecule has 1 aromatic carbocycles. The van der Waals surface area contributed by atoms with Crippen LogP contribution in [0.1, 0.15) is 25.7 Å². The summed E-state index contributed by atoms with van der Waals surface area (Å²) in [6.45, 7) is 0. The van der Waals surface area contributed by atoms with Gasteiger partial charge in [-0.25, -0.2) is 9.11 Å². The monoisotopic (exact) mass is 391 g/mol. The second kappa shape index (κ2) is 10.4. The van der Waals surface area contributed by atoms with Crippen molar-refractivity contribution in [3.05, 3.63) is 34.6 Å². The molecule has 0 bridgehead atoms. The zero-order valence-corrected chi connectivity index (χ0v) is 16.2. The van der Waals surface area contributed by atoms with Gasteiger partial charge in [0.15, 0.2) is 0 Å². The Morgan fingerprint density at radius 1 is 1.33 bits per heavy atom. The van der Waals surface area contributed by atoms with Crippen LogP contribution in [-0.4, -0.2) is 25.7 Å². The third-order valence-electron chi connectivity index (χ3n) is 3.39. The zero-order valence-electron chi connectivity index (χ0n) is 13.8. The average molecular weight is 392 g/mol. The fourth-order valence-corrected chi connectivity index (χ4v) is 4.07. The Morgan fingerprint density at radius 3 is 2.67 bits per heavy atom. The predicted molar refractivity (Wildman–Crippen MR) is 102 cm³/mol. The maximum atomic E-state index is 14.1. The van der Waals surface area contributed by atoms with Gasteiger partial charge in [-0.3, -0.25) is 0 Å². The van der Waals surface area contributed by atoms with Crippen LogP contribution in [0.15, 0.2) is 28.6 Å². The lowest BCUT2D eigenvalue weighted by Crippen LogP contribution is -2.28. The summed E-state index contributed by atoms with van der Waals surface area (Å²) in [5.74, 6) is 0.126. The van der Waals surface area contributed by atoms with Gasteiger partial charge in [-0.15, -0.1) is 0 Å². The fraction of sp³-hybridized carbons (Fsp3) is 0.500. The molecule has 0 amide bonds. The number of nitrogens with one attached hydrogen (secondary N) is 3. The number of ether oxygens (including phenoxy) is 1. The first kappa shape index (κ1) is 19.7. The van der Waals surface area contributed by atoms with Crippen LogP contribution in [0.2, 0.25) is 5.02 Å². The summed E-state index contributed by atoms with van der Waals surface area (Å²) in [5, 5.41) is 8.24. The molecule has 1 unspecified atom stereocenters. The highest BCUT2D eigenvalue weighted by Crippen LogP contribution is 2.34. The number of halogens is 2. The van der Waals surface area contributed by atoms with Gasteiger partial charge in [0.25, 0.3) is 0 Å². The Labute approximate surface area is 156 Å².